The summed E-state index contributed by atoms with van der Waals surface area (Å²) in [5, 5.41) is 4.74. The van der Waals surface area contributed by atoms with E-state index in [0.717, 1.165) is 9.88 Å². The smallest absolute Gasteiger partial charge is 0.125 e. The highest BCUT2D eigenvalue weighted by Crippen LogP contribution is 2.28. The molecule has 1 aromatic heterocycles. The minimum absolute atomic E-state index is 0.0550. The van der Waals surface area contributed by atoms with E-state index in [1.807, 2.05) is 6.20 Å². The van der Waals surface area contributed by atoms with E-state index < -0.39 is 0 Å². The molecule has 0 spiro atoms. The number of hydrogen-bond acceptors (Lipinski definition) is 3. The van der Waals surface area contributed by atoms with Crippen molar-refractivity contribution in [3.05, 3.63) is 45.1 Å². The van der Waals surface area contributed by atoms with Crippen LogP contribution in [-0.2, 0) is 12.0 Å². The molecule has 2 nitrogen and oxygen atoms in total. The summed E-state index contributed by atoms with van der Waals surface area (Å²) < 4.78 is 13.1. The van der Waals surface area contributed by atoms with Crippen molar-refractivity contribution in [3.63, 3.8) is 0 Å². The Morgan fingerprint density at radius 2 is 2.11 bits per heavy atom. The fraction of sp³-hybridized carbons (Fsp3) is 0.357. The van der Waals surface area contributed by atoms with E-state index in [2.05, 4.69) is 31.1 Å². The topological polar surface area (TPSA) is 24.9 Å². The summed E-state index contributed by atoms with van der Waals surface area (Å²) in [6.45, 7) is 6.99. The third kappa shape index (κ3) is 3.67. The normalized spacial score (nSPS) is 11.6. The van der Waals surface area contributed by atoms with E-state index in [-0.39, 0.29) is 11.2 Å². The van der Waals surface area contributed by atoms with Crippen molar-refractivity contribution in [2.24, 2.45) is 0 Å². The van der Waals surface area contributed by atoms with Gasteiger partial charge in [0.15, 0.2) is 0 Å². The Bertz CT molecular complexity index is 575. The molecule has 0 saturated carbocycles. The first-order chi connectivity index (χ1) is 8.86. The number of thiazole rings is 1. The van der Waals surface area contributed by atoms with Crippen molar-refractivity contribution in [2.75, 3.05) is 5.32 Å². The second-order valence-electron chi connectivity index (χ2n) is 5.36. The van der Waals surface area contributed by atoms with Gasteiger partial charge in [0.2, 0.25) is 0 Å². The van der Waals surface area contributed by atoms with E-state index in [9.17, 15) is 4.39 Å². The van der Waals surface area contributed by atoms with Crippen LogP contribution >= 0.6 is 22.9 Å². The van der Waals surface area contributed by atoms with E-state index in [4.69, 9.17) is 11.6 Å². The van der Waals surface area contributed by atoms with Crippen LogP contribution in [0.4, 0.5) is 10.1 Å². The molecule has 102 valence electrons. The quantitative estimate of drug-likeness (QED) is 0.876. The molecule has 0 aliphatic carbocycles. The van der Waals surface area contributed by atoms with E-state index in [0.29, 0.717) is 17.3 Å². The van der Waals surface area contributed by atoms with Gasteiger partial charge in [-0.15, -0.1) is 11.3 Å². The molecule has 0 aliphatic heterocycles. The average molecular weight is 299 g/mol. The summed E-state index contributed by atoms with van der Waals surface area (Å²) >= 11 is 7.66. The second kappa shape index (κ2) is 5.47. The number of hydrogen-bond donors (Lipinski definition) is 1. The van der Waals surface area contributed by atoms with Crippen LogP contribution < -0.4 is 5.32 Å². The minimum atomic E-state index is -0.299. The van der Waals surface area contributed by atoms with Gasteiger partial charge in [-0.3, -0.25) is 0 Å². The highest BCUT2D eigenvalue weighted by Gasteiger charge is 2.17. The van der Waals surface area contributed by atoms with Crippen LogP contribution in [0.25, 0.3) is 0 Å². The average Bonchev–Trinajstić information content (AvgIpc) is 2.79. The van der Waals surface area contributed by atoms with Gasteiger partial charge in [-0.1, -0.05) is 32.4 Å². The number of benzene rings is 1. The molecule has 19 heavy (non-hydrogen) atoms. The van der Waals surface area contributed by atoms with Gasteiger partial charge in [0.25, 0.3) is 0 Å². The number of aromatic nitrogens is 1. The van der Waals surface area contributed by atoms with Crippen molar-refractivity contribution in [2.45, 2.75) is 32.7 Å². The maximum absolute atomic E-state index is 13.1. The predicted octanol–water partition coefficient (Wildman–Crippen LogP) is 4.85. The van der Waals surface area contributed by atoms with Crippen LogP contribution in [0, 0.1) is 5.82 Å². The summed E-state index contributed by atoms with van der Waals surface area (Å²) in [5.41, 5.74) is 0.659. The molecule has 0 saturated heterocycles. The maximum Gasteiger partial charge on any atom is 0.125 e. The molecule has 1 N–H and O–H groups in total. The molecule has 0 atom stereocenters. The summed E-state index contributed by atoms with van der Waals surface area (Å²) in [7, 11) is 0. The molecule has 5 heteroatoms. The molecule has 2 rings (SSSR count). The molecule has 0 radical (unpaired) electrons. The monoisotopic (exact) mass is 298 g/mol. The van der Waals surface area contributed by atoms with Gasteiger partial charge in [0, 0.05) is 16.5 Å². The number of halogens is 2. The van der Waals surface area contributed by atoms with Crippen molar-refractivity contribution in [3.8, 4) is 0 Å². The molecule has 0 bridgehead atoms. The van der Waals surface area contributed by atoms with Gasteiger partial charge >= 0.3 is 0 Å². The number of nitrogens with one attached hydrogen (secondary N) is 1. The van der Waals surface area contributed by atoms with Crippen LogP contribution in [0.3, 0.4) is 0 Å². The Labute approximate surface area is 121 Å². The first-order valence-electron chi connectivity index (χ1n) is 6.00. The number of anilines is 1. The van der Waals surface area contributed by atoms with Crippen LogP contribution in [-0.4, -0.2) is 4.98 Å². The third-order valence-electron chi connectivity index (χ3n) is 2.58. The van der Waals surface area contributed by atoms with Crippen molar-refractivity contribution < 1.29 is 4.39 Å². The van der Waals surface area contributed by atoms with Crippen molar-refractivity contribution >= 4 is 28.6 Å². The largest absolute Gasteiger partial charge is 0.379 e. The lowest BCUT2D eigenvalue weighted by Crippen LogP contribution is -2.09. The lowest BCUT2D eigenvalue weighted by molar-refractivity contribution is 0.585. The molecule has 0 amide bonds. The van der Waals surface area contributed by atoms with Gasteiger partial charge < -0.3 is 5.32 Å². The van der Waals surface area contributed by atoms with Gasteiger partial charge in [0.05, 0.1) is 22.3 Å². The molecular weight excluding hydrogens is 283 g/mol. The molecular formula is C14H16ClFN2S. The summed E-state index contributed by atoms with van der Waals surface area (Å²) in [6.07, 6.45) is 1.85. The zero-order valence-electron chi connectivity index (χ0n) is 11.1. The Kier molecular flexibility index (Phi) is 4.11. The Morgan fingerprint density at radius 1 is 1.37 bits per heavy atom. The zero-order chi connectivity index (χ0) is 14.0. The Balaban J connectivity index is 2.06. The highest BCUT2D eigenvalue weighted by atomic mass is 35.5. The molecule has 0 fully saturated rings. The lowest BCUT2D eigenvalue weighted by Gasteiger charge is -2.13. The molecule has 0 unspecified atom stereocenters. The lowest BCUT2D eigenvalue weighted by atomic mass is 9.98. The highest BCUT2D eigenvalue weighted by molar-refractivity contribution is 7.11. The van der Waals surface area contributed by atoms with Crippen LogP contribution in [0.15, 0.2) is 24.4 Å². The van der Waals surface area contributed by atoms with Gasteiger partial charge in [-0.25, -0.2) is 9.37 Å². The van der Waals surface area contributed by atoms with Gasteiger partial charge in [-0.05, 0) is 18.2 Å². The van der Waals surface area contributed by atoms with Crippen molar-refractivity contribution in [1.29, 1.82) is 0 Å². The number of rotatable bonds is 3. The van der Waals surface area contributed by atoms with Crippen LogP contribution in [0.5, 0.6) is 0 Å². The number of nitrogens with zero attached hydrogens (tertiary/aromatic N) is 1. The fourth-order valence-electron chi connectivity index (χ4n) is 1.55. The van der Waals surface area contributed by atoms with Crippen LogP contribution in [0.2, 0.25) is 5.02 Å². The third-order valence-corrected chi connectivity index (χ3v) is 4.33. The Morgan fingerprint density at radius 3 is 2.74 bits per heavy atom. The first kappa shape index (κ1) is 14.3. The van der Waals surface area contributed by atoms with E-state index >= 15 is 0 Å². The van der Waals surface area contributed by atoms with Gasteiger partial charge in [-0.2, -0.15) is 0 Å². The minimum Gasteiger partial charge on any atom is -0.379 e. The first-order valence-corrected chi connectivity index (χ1v) is 7.20. The fourth-order valence-corrected chi connectivity index (χ4v) is 2.65. The second-order valence-corrected chi connectivity index (χ2v) is 6.88. The maximum atomic E-state index is 13.1. The van der Waals surface area contributed by atoms with E-state index in [1.165, 1.54) is 12.1 Å². The molecule has 1 heterocycles. The molecule has 2 aromatic rings. The van der Waals surface area contributed by atoms with Gasteiger partial charge in [0.1, 0.15) is 5.82 Å². The van der Waals surface area contributed by atoms with Crippen LogP contribution in [0.1, 0.15) is 30.7 Å². The molecule has 0 aliphatic rings. The summed E-state index contributed by atoms with van der Waals surface area (Å²) in [4.78, 5) is 5.51. The standard InChI is InChI=1S/C14H16ClFN2S/c1-14(2,3)13-18-8-10(19-13)7-17-12-6-9(16)4-5-11(12)15/h4-6,8,17H,7H2,1-3H3. The van der Waals surface area contributed by atoms with E-state index in [1.54, 1.807) is 17.4 Å². The SMILES string of the molecule is CC(C)(C)c1ncc(CNc2cc(F)ccc2Cl)s1. The Hall–Kier alpha value is -1.13. The predicted molar refractivity (Wildman–Crippen MR) is 79.6 cm³/mol. The zero-order valence-corrected chi connectivity index (χ0v) is 12.7. The summed E-state index contributed by atoms with van der Waals surface area (Å²) in [6, 6.07) is 4.29. The summed E-state index contributed by atoms with van der Waals surface area (Å²) in [5.74, 6) is -0.299. The van der Waals surface area contributed by atoms with Crippen molar-refractivity contribution in [1.82, 2.24) is 4.98 Å². The molecule has 1 aromatic carbocycles.